The van der Waals surface area contributed by atoms with Crippen molar-refractivity contribution in [3.05, 3.63) is 41.5 Å². The number of halogens is 3. The van der Waals surface area contributed by atoms with Crippen molar-refractivity contribution in [2.45, 2.75) is 44.1 Å². The Bertz CT molecular complexity index is 1080. The summed E-state index contributed by atoms with van der Waals surface area (Å²) in [6, 6.07) is 4.52. The highest BCUT2D eigenvalue weighted by molar-refractivity contribution is 7.98. The highest BCUT2D eigenvalue weighted by Gasteiger charge is 2.37. The van der Waals surface area contributed by atoms with E-state index in [0.717, 1.165) is 39.6 Å². The fraction of sp³-hybridized carbons (Fsp3) is 0.450. The quantitative estimate of drug-likeness (QED) is 0.615. The average molecular weight is 437 g/mol. The Balaban J connectivity index is 1.83. The van der Waals surface area contributed by atoms with Crippen LogP contribution in [0.15, 0.2) is 29.3 Å². The van der Waals surface area contributed by atoms with Crippen molar-refractivity contribution >= 4 is 28.7 Å². The van der Waals surface area contributed by atoms with Gasteiger partial charge in [0.15, 0.2) is 0 Å². The molecule has 0 radical (unpaired) electrons. The van der Waals surface area contributed by atoms with Gasteiger partial charge in [-0.15, -0.1) is 11.8 Å². The minimum Gasteiger partial charge on any atom is -0.392 e. The number of aromatic nitrogens is 4. The predicted octanol–water partition coefficient (Wildman–Crippen LogP) is 4.28. The largest absolute Gasteiger partial charge is 0.433 e. The predicted molar refractivity (Wildman–Crippen MR) is 109 cm³/mol. The summed E-state index contributed by atoms with van der Waals surface area (Å²) in [4.78, 5) is 15.5. The van der Waals surface area contributed by atoms with Crippen LogP contribution < -0.4 is 4.90 Å². The summed E-state index contributed by atoms with van der Waals surface area (Å²) < 4.78 is 41.6. The lowest BCUT2D eigenvalue weighted by molar-refractivity contribution is -0.141. The van der Waals surface area contributed by atoms with E-state index in [0.29, 0.717) is 13.1 Å². The lowest BCUT2D eigenvalue weighted by Gasteiger charge is -2.38. The highest BCUT2D eigenvalue weighted by Crippen LogP contribution is 2.38. The fourth-order valence-corrected chi connectivity index (χ4v) is 4.62. The van der Waals surface area contributed by atoms with Crippen molar-refractivity contribution in [1.82, 2.24) is 19.5 Å². The van der Waals surface area contributed by atoms with Crippen molar-refractivity contribution in [2.24, 2.45) is 5.92 Å². The van der Waals surface area contributed by atoms with Gasteiger partial charge in [0.1, 0.15) is 11.5 Å². The van der Waals surface area contributed by atoms with Crippen LogP contribution in [0.3, 0.4) is 0 Å². The number of fused-ring (bicyclic) bond motifs is 3. The number of aliphatic hydroxyl groups excluding tert-OH is 1. The van der Waals surface area contributed by atoms with E-state index >= 15 is 0 Å². The second-order valence-corrected chi connectivity index (χ2v) is 8.40. The Kier molecular flexibility index (Phi) is 5.39. The zero-order valence-corrected chi connectivity index (χ0v) is 17.6. The first kappa shape index (κ1) is 20.9. The summed E-state index contributed by atoms with van der Waals surface area (Å²) in [5.41, 5.74) is 1.59. The van der Waals surface area contributed by atoms with Gasteiger partial charge in [-0.25, -0.2) is 15.0 Å². The van der Waals surface area contributed by atoms with E-state index in [1.165, 1.54) is 0 Å². The maximum absolute atomic E-state index is 13.2. The molecule has 30 heavy (non-hydrogen) atoms. The van der Waals surface area contributed by atoms with Crippen LogP contribution in [0, 0.1) is 5.92 Å². The Morgan fingerprint density at radius 1 is 1.23 bits per heavy atom. The van der Waals surface area contributed by atoms with Gasteiger partial charge in [-0.1, -0.05) is 13.8 Å². The van der Waals surface area contributed by atoms with Gasteiger partial charge in [0, 0.05) is 24.2 Å². The number of imidazole rings is 1. The number of alkyl halides is 3. The molecule has 0 saturated carbocycles. The molecule has 6 nitrogen and oxygen atoms in total. The topological polar surface area (TPSA) is 67.1 Å². The van der Waals surface area contributed by atoms with E-state index in [1.54, 1.807) is 11.8 Å². The minimum atomic E-state index is -4.52. The van der Waals surface area contributed by atoms with Crippen LogP contribution in [0.4, 0.5) is 19.1 Å². The molecule has 160 valence electrons. The molecule has 0 bridgehead atoms. The molecule has 10 heteroatoms. The lowest BCUT2D eigenvalue weighted by Crippen LogP contribution is -2.42. The van der Waals surface area contributed by atoms with Crippen molar-refractivity contribution in [2.75, 3.05) is 17.7 Å². The number of hydrogen-bond acceptors (Lipinski definition) is 6. The molecule has 0 aliphatic carbocycles. The number of rotatable bonds is 4. The summed E-state index contributed by atoms with van der Waals surface area (Å²) in [6.45, 7) is 4.96. The molecule has 1 aliphatic heterocycles. The molecule has 0 saturated heterocycles. The van der Waals surface area contributed by atoms with Gasteiger partial charge in [-0.05, 0) is 35.9 Å². The van der Waals surface area contributed by atoms with Crippen LogP contribution in [0.25, 0.3) is 11.0 Å². The third-order valence-electron chi connectivity index (χ3n) is 5.34. The van der Waals surface area contributed by atoms with Gasteiger partial charge in [0.05, 0.1) is 23.7 Å². The molecule has 1 N–H and O–H groups in total. The minimum absolute atomic E-state index is 0.0580. The fourth-order valence-electron chi connectivity index (χ4n) is 4.00. The SMILES string of the molecule is CSc1cc2c(cc1CO)nc1n2CCN(c2nccc(C(F)(F)F)n2)C1C(C)C. The van der Waals surface area contributed by atoms with Crippen LogP contribution in [-0.4, -0.2) is 37.4 Å². The number of nitrogens with zero attached hydrogens (tertiary/aromatic N) is 5. The molecule has 3 aromatic rings. The van der Waals surface area contributed by atoms with Crippen molar-refractivity contribution in [3.63, 3.8) is 0 Å². The third-order valence-corrected chi connectivity index (χ3v) is 6.16. The molecular formula is C20H22F3N5OS. The Labute approximate surface area is 176 Å². The number of aliphatic hydroxyl groups is 1. The zero-order chi connectivity index (χ0) is 21.6. The number of thioether (sulfide) groups is 1. The van der Waals surface area contributed by atoms with Gasteiger partial charge in [0.2, 0.25) is 5.95 Å². The second-order valence-electron chi connectivity index (χ2n) is 7.55. The molecule has 4 rings (SSSR count). The number of anilines is 1. The van der Waals surface area contributed by atoms with E-state index < -0.39 is 11.9 Å². The second kappa shape index (κ2) is 7.73. The zero-order valence-electron chi connectivity index (χ0n) is 16.8. The summed E-state index contributed by atoms with van der Waals surface area (Å²) >= 11 is 1.56. The average Bonchev–Trinajstić information content (AvgIpc) is 3.08. The van der Waals surface area contributed by atoms with Gasteiger partial charge in [-0.3, -0.25) is 0 Å². The van der Waals surface area contributed by atoms with Gasteiger partial charge in [-0.2, -0.15) is 13.2 Å². The van der Waals surface area contributed by atoms with E-state index in [1.807, 2.05) is 37.1 Å². The maximum atomic E-state index is 13.2. The maximum Gasteiger partial charge on any atom is 0.433 e. The van der Waals surface area contributed by atoms with E-state index in [-0.39, 0.29) is 24.5 Å². The molecular weight excluding hydrogens is 415 g/mol. The lowest BCUT2D eigenvalue weighted by atomic mass is 10.00. The molecule has 0 amide bonds. The van der Waals surface area contributed by atoms with E-state index in [4.69, 9.17) is 4.98 Å². The van der Waals surface area contributed by atoms with Gasteiger partial charge >= 0.3 is 6.18 Å². The van der Waals surface area contributed by atoms with Crippen LogP contribution in [0.5, 0.6) is 0 Å². The number of hydrogen-bond donors (Lipinski definition) is 1. The monoisotopic (exact) mass is 437 g/mol. The first-order valence-corrected chi connectivity index (χ1v) is 10.8. The highest BCUT2D eigenvalue weighted by atomic mass is 32.2. The van der Waals surface area contributed by atoms with Crippen LogP contribution >= 0.6 is 11.8 Å². The molecule has 3 heterocycles. The Hall–Kier alpha value is -2.33. The normalized spacial score (nSPS) is 17.1. The molecule has 0 fully saturated rings. The Morgan fingerprint density at radius 3 is 2.63 bits per heavy atom. The summed E-state index contributed by atoms with van der Waals surface area (Å²) in [5, 5.41) is 9.67. The smallest absolute Gasteiger partial charge is 0.392 e. The number of benzene rings is 1. The summed E-state index contributed by atoms with van der Waals surface area (Å²) in [6.07, 6.45) is -1.42. The Morgan fingerprint density at radius 2 is 2.00 bits per heavy atom. The van der Waals surface area contributed by atoms with Crippen molar-refractivity contribution < 1.29 is 18.3 Å². The van der Waals surface area contributed by atoms with Crippen molar-refractivity contribution in [1.29, 1.82) is 0 Å². The molecule has 2 aromatic heterocycles. The van der Waals surface area contributed by atoms with Crippen LogP contribution in [-0.2, 0) is 19.3 Å². The third kappa shape index (κ3) is 3.51. The van der Waals surface area contributed by atoms with Gasteiger partial charge in [0.25, 0.3) is 0 Å². The van der Waals surface area contributed by atoms with Crippen molar-refractivity contribution in [3.8, 4) is 0 Å². The van der Waals surface area contributed by atoms with E-state index in [9.17, 15) is 18.3 Å². The molecule has 1 atom stereocenters. The summed E-state index contributed by atoms with van der Waals surface area (Å²) in [5.74, 6) is 0.897. The molecule has 1 aromatic carbocycles. The van der Waals surface area contributed by atoms with Gasteiger partial charge < -0.3 is 14.6 Å². The van der Waals surface area contributed by atoms with Crippen LogP contribution in [0.1, 0.15) is 37.0 Å². The van der Waals surface area contributed by atoms with E-state index in [2.05, 4.69) is 14.5 Å². The first-order chi connectivity index (χ1) is 14.2. The molecule has 0 spiro atoms. The first-order valence-electron chi connectivity index (χ1n) is 9.59. The summed E-state index contributed by atoms with van der Waals surface area (Å²) in [7, 11) is 0. The molecule has 1 aliphatic rings. The standard InChI is InChI=1S/C20H22F3N5OS/c1-11(2)17-18-25-13-8-12(10-29)15(30-3)9-14(13)27(18)6-7-28(17)19-24-5-4-16(26-19)20(21,22)23/h4-5,8-9,11,17,29H,6-7,10H2,1-3H3. The molecule has 1 unspecified atom stereocenters. The van der Waals surface area contributed by atoms with Crippen LogP contribution in [0.2, 0.25) is 0 Å².